The van der Waals surface area contributed by atoms with Gasteiger partial charge in [0.25, 0.3) is 0 Å². The molecular formula is C31H51NO9. The summed E-state index contributed by atoms with van der Waals surface area (Å²) < 4.78 is 24.2. The van der Waals surface area contributed by atoms with Crippen molar-refractivity contribution in [2.75, 3.05) is 14.1 Å². The molecular weight excluding hydrogens is 530 g/mol. The highest BCUT2D eigenvalue weighted by Gasteiger charge is 2.55. The fraction of sp³-hybridized carbons (Fsp3) is 0.839. The van der Waals surface area contributed by atoms with Crippen LogP contribution >= 0.6 is 0 Å². The maximum absolute atomic E-state index is 13.2. The van der Waals surface area contributed by atoms with Crippen molar-refractivity contribution in [1.29, 1.82) is 0 Å². The van der Waals surface area contributed by atoms with Crippen molar-refractivity contribution in [2.45, 2.75) is 128 Å². The third kappa shape index (κ3) is 8.24. The number of esters is 1. The van der Waals surface area contributed by atoms with E-state index in [0.29, 0.717) is 19.3 Å². The Morgan fingerprint density at radius 1 is 1.12 bits per heavy atom. The molecule has 0 aromatic carbocycles. The van der Waals surface area contributed by atoms with Gasteiger partial charge in [0.1, 0.15) is 24.1 Å². The summed E-state index contributed by atoms with van der Waals surface area (Å²) >= 11 is 0. The maximum Gasteiger partial charge on any atom is 0.308 e. The first-order valence-electron chi connectivity index (χ1n) is 15.1. The molecule has 13 atom stereocenters. The molecule has 41 heavy (non-hydrogen) atoms. The molecule has 0 aliphatic carbocycles. The second kappa shape index (κ2) is 14.2. The number of ketones is 1. The minimum absolute atomic E-state index is 0.0707. The molecule has 0 amide bonds. The van der Waals surface area contributed by atoms with Gasteiger partial charge in [-0.05, 0) is 65.3 Å². The Labute approximate surface area is 244 Å². The van der Waals surface area contributed by atoms with Gasteiger partial charge in [-0.2, -0.15) is 0 Å². The highest BCUT2D eigenvalue weighted by Crippen LogP contribution is 2.45. The number of aliphatic hydroxyl groups is 2. The van der Waals surface area contributed by atoms with Crippen molar-refractivity contribution < 1.29 is 43.5 Å². The molecule has 10 heteroatoms. The highest BCUT2D eigenvalue weighted by molar-refractivity contribution is 5.91. The van der Waals surface area contributed by atoms with Crippen LogP contribution in [-0.4, -0.2) is 102 Å². The highest BCUT2D eigenvalue weighted by atomic mass is 16.7. The zero-order valence-electron chi connectivity index (χ0n) is 25.9. The van der Waals surface area contributed by atoms with E-state index in [1.807, 2.05) is 53.6 Å². The van der Waals surface area contributed by atoms with Crippen molar-refractivity contribution in [2.24, 2.45) is 23.7 Å². The van der Waals surface area contributed by atoms with E-state index in [2.05, 4.69) is 0 Å². The molecule has 0 aromatic heterocycles. The molecule has 0 bridgehead atoms. The predicted molar refractivity (Wildman–Crippen MR) is 152 cm³/mol. The molecule has 3 rings (SSSR count). The minimum Gasteiger partial charge on any atom is -0.462 e. The largest absolute Gasteiger partial charge is 0.462 e. The number of cyclic esters (lactones) is 1. The quantitative estimate of drug-likeness (QED) is 0.274. The van der Waals surface area contributed by atoms with Crippen LogP contribution < -0.4 is 0 Å². The number of hydrogen-bond donors (Lipinski definition) is 2. The molecule has 2 N–H and O–H groups in total. The monoisotopic (exact) mass is 581 g/mol. The summed E-state index contributed by atoms with van der Waals surface area (Å²) in [6.45, 7) is 11.3. The van der Waals surface area contributed by atoms with E-state index in [4.69, 9.17) is 18.9 Å². The van der Waals surface area contributed by atoms with Crippen LogP contribution in [0.25, 0.3) is 0 Å². The summed E-state index contributed by atoms with van der Waals surface area (Å²) in [5, 5.41) is 22.4. The van der Waals surface area contributed by atoms with Crippen LogP contribution in [0.3, 0.4) is 0 Å². The average molecular weight is 582 g/mol. The van der Waals surface area contributed by atoms with Gasteiger partial charge in [0.15, 0.2) is 12.1 Å². The lowest BCUT2D eigenvalue weighted by molar-refractivity contribution is -0.283. The SMILES string of the molecule is CC[C@@H]1OC(=O)C[C@@H](O)[C@@H](C)[C@@H](O[C@H]2O[C@@H](C)C[C@@H](N(C)C)[C@H]2O)[C@@H](CC=O)C[C@@H](C)C(=O)/C=C/[C@]2(C)O[C@@H]2[C@H]1C. The summed E-state index contributed by atoms with van der Waals surface area (Å²) in [4.78, 5) is 40.0. The molecule has 0 spiro atoms. The normalized spacial score (nSPS) is 45.5. The van der Waals surface area contributed by atoms with Crippen molar-refractivity contribution in [3.8, 4) is 0 Å². The van der Waals surface area contributed by atoms with Gasteiger partial charge in [-0.25, -0.2) is 0 Å². The van der Waals surface area contributed by atoms with E-state index in [9.17, 15) is 24.6 Å². The second-order valence-electron chi connectivity index (χ2n) is 12.9. The summed E-state index contributed by atoms with van der Waals surface area (Å²) in [5.74, 6) is -2.32. The maximum atomic E-state index is 13.2. The zero-order valence-corrected chi connectivity index (χ0v) is 25.9. The molecule has 234 valence electrons. The number of epoxide rings is 1. The second-order valence-corrected chi connectivity index (χ2v) is 12.9. The Kier molecular flexibility index (Phi) is 11.7. The number of hydrogen-bond acceptors (Lipinski definition) is 10. The van der Waals surface area contributed by atoms with Gasteiger partial charge in [-0.15, -0.1) is 0 Å². The number of aliphatic hydroxyl groups excluding tert-OH is 2. The number of carbonyl (C=O) groups is 3. The molecule has 0 aromatic rings. The first-order chi connectivity index (χ1) is 19.2. The fourth-order valence-corrected chi connectivity index (χ4v) is 6.50. The number of nitrogens with zero attached hydrogens (tertiary/aromatic N) is 1. The van der Waals surface area contributed by atoms with Crippen LogP contribution in [0.5, 0.6) is 0 Å². The van der Waals surface area contributed by atoms with Gasteiger partial charge in [0.05, 0.1) is 30.8 Å². The van der Waals surface area contributed by atoms with Crippen LogP contribution in [-0.2, 0) is 33.3 Å². The molecule has 3 heterocycles. The van der Waals surface area contributed by atoms with Crippen LogP contribution in [0.15, 0.2) is 12.2 Å². The number of fused-ring (bicyclic) bond motifs is 1. The molecule has 0 unspecified atom stereocenters. The van der Waals surface area contributed by atoms with Crippen LogP contribution in [0, 0.1) is 23.7 Å². The Hall–Kier alpha value is -1.69. The van der Waals surface area contributed by atoms with Crippen molar-refractivity contribution in [3.63, 3.8) is 0 Å². The van der Waals surface area contributed by atoms with Gasteiger partial charge in [0.2, 0.25) is 0 Å². The molecule has 0 radical (unpaired) electrons. The first-order valence-corrected chi connectivity index (χ1v) is 15.1. The number of likely N-dealkylation sites (N-methyl/N-ethyl adjacent to an activating group) is 1. The number of rotatable bonds is 6. The van der Waals surface area contributed by atoms with Gasteiger partial charge in [-0.3, -0.25) is 9.59 Å². The first kappa shape index (κ1) is 33.8. The lowest BCUT2D eigenvalue weighted by Gasteiger charge is -2.44. The van der Waals surface area contributed by atoms with E-state index < -0.39 is 60.0 Å². The minimum atomic E-state index is -1.15. The van der Waals surface area contributed by atoms with Crippen LogP contribution in [0.1, 0.15) is 73.6 Å². The van der Waals surface area contributed by atoms with E-state index in [0.717, 1.165) is 6.29 Å². The number of carbonyl (C=O) groups excluding carboxylic acids is 3. The van der Waals surface area contributed by atoms with Gasteiger partial charge >= 0.3 is 5.97 Å². The van der Waals surface area contributed by atoms with E-state index in [1.165, 1.54) is 0 Å². The summed E-state index contributed by atoms with van der Waals surface area (Å²) in [6, 6.07) is -0.219. The molecule has 10 nitrogen and oxygen atoms in total. The Balaban J connectivity index is 1.95. The summed E-state index contributed by atoms with van der Waals surface area (Å²) in [7, 11) is 3.76. The van der Waals surface area contributed by atoms with E-state index >= 15 is 0 Å². The predicted octanol–water partition coefficient (Wildman–Crippen LogP) is 2.67. The topological polar surface area (TPSA) is 135 Å². The van der Waals surface area contributed by atoms with Crippen molar-refractivity contribution in [3.05, 3.63) is 12.2 Å². The third-order valence-corrected chi connectivity index (χ3v) is 9.29. The summed E-state index contributed by atoms with van der Waals surface area (Å²) in [6.07, 6.45) is 0.627. The number of allylic oxidation sites excluding steroid dienone is 1. The van der Waals surface area contributed by atoms with E-state index in [1.54, 1.807) is 19.1 Å². The Bertz CT molecular complexity index is 941. The number of aldehydes is 1. The van der Waals surface area contributed by atoms with Crippen LogP contribution in [0.2, 0.25) is 0 Å². The van der Waals surface area contributed by atoms with Crippen LogP contribution in [0.4, 0.5) is 0 Å². The van der Waals surface area contributed by atoms with Gasteiger partial charge in [-0.1, -0.05) is 27.7 Å². The Morgan fingerprint density at radius 3 is 2.41 bits per heavy atom. The van der Waals surface area contributed by atoms with Crippen molar-refractivity contribution >= 4 is 18.0 Å². The standard InChI is InChI=1S/C31H51NO9/c1-9-25-20(5)29-31(6,41-29)12-10-23(34)17(2)14-21(11-13-33)28(19(4)24(35)16-26(36)39-25)40-30-27(37)22(32(7)8)15-18(3)38-30/h10,12-13,17-22,24-25,27-30,35,37H,9,11,14-16H2,1-8H3/b12-10+/t17-,18+,19-,20+,21+,22-,24-,25+,27-,28-,29-,30-,31+/m1/s1. The summed E-state index contributed by atoms with van der Waals surface area (Å²) in [5.41, 5.74) is -0.637. The lowest BCUT2D eigenvalue weighted by atomic mass is 9.79. The molecule has 2 saturated heterocycles. The Morgan fingerprint density at radius 2 is 1.80 bits per heavy atom. The smallest absolute Gasteiger partial charge is 0.308 e. The number of ether oxygens (including phenoxy) is 4. The molecule has 3 aliphatic heterocycles. The fourth-order valence-electron chi connectivity index (χ4n) is 6.50. The molecule has 3 aliphatic rings. The van der Waals surface area contributed by atoms with Gasteiger partial charge in [0, 0.05) is 30.2 Å². The molecule has 2 fully saturated rings. The lowest BCUT2D eigenvalue weighted by Crippen LogP contribution is -2.56. The van der Waals surface area contributed by atoms with E-state index in [-0.39, 0.29) is 42.8 Å². The van der Waals surface area contributed by atoms with Gasteiger partial charge < -0.3 is 38.9 Å². The zero-order chi connectivity index (χ0) is 30.6. The van der Waals surface area contributed by atoms with Crippen molar-refractivity contribution in [1.82, 2.24) is 4.90 Å². The third-order valence-electron chi connectivity index (χ3n) is 9.29. The average Bonchev–Trinajstić information content (AvgIpc) is 3.60. The molecule has 0 saturated carbocycles.